The first kappa shape index (κ1) is 19.8. The van der Waals surface area contributed by atoms with Gasteiger partial charge in [-0.1, -0.05) is 0 Å². The van der Waals surface area contributed by atoms with Crippen LogP contribution in [0.25, 0.3) is 0 Å². The van der Waals surface area contributed by atoms with Gasteiger partial charge < -0.3 is 9.84 Å². The summed E-state index contributed by atoms with van der Waals surface area (Å²) >= 11 is 0. The molecule has 1 N–H and O–H groups in total. The number of alkyl halides is 2. The smallest absolute Gasteiger partial charge is 0.410 e. The summed E-state index contributed by atoms with van der Waals surface area (Å²) in [7, 11) is 0. The lowest BCUT2D eigenvalue weighted by Gasteiger charge is -2.28. The van der Waals surface area contributed by atoms with Gasteiger partial charge in [-0.2, -0.15) is 5.06 Å². The maximum absolute atomic E-state index is 14.5. The molecule has 0 aromatic heterocycles. The zero-order valence-electron chi connectivity index (χ0n) is 15.2. The van der Waals surface area contributed by atoms with Crippen molar-refractivity contribution >= 4 is 12.1 Å². The molecule has 2 aliphatic heterocycles. The van der Waals surface area contributed by atoms with E-state index in [0.717, 1.165) is 9.96 Å². The summed E-state index contributed by atoms with van der Waals surface area (Å²) in [5, 5.41) is 10.3. The van der Waals surface area contributed by atoms with Crippen LogP contribution in [0.5, 0.6) is 0 Å². The number of carbonyl (C=O) groups excluding carboxylic acids is 1. The molecule has 7 nitrogen and oxygen atoms in total. The normalized spacial score (nSPS) is 26.6. The van der Waals surface area contributed by atoms with Crippen molar-refractivity contribution in [3.05, 3.63) is 0 Å². The van der Waals surface area contributed by atoms with Crippen LogP contribution in [-0.2, 0) is 14.4 Å². The lowest BCUT2D eigenvalue weighted by molar-refractivity contribution is -0.186. The van der Waals surface area contributed by atoms with E-state index in [1.54, 1.807) is 20.8 Å². The highest BCUT2D eigenvalue weighted by molar-refractivity contribution is 5.73. The lowest BCUT2D eigenvalue weighted by Crippen LogP contribution is -2.46. The largest absolute Gasteiger partial charge is 0.481 e. The van der Waals surface area contributed by atoms with Gasteiger partial charge in [0.25, 0.3) is 5.92 Å². The molecule has 2 heterocycles. The molecule has 9 heteroatoms. The van der Waals surface area contributed by atoms with Crippen LogP contribution in [0.2, 0.25) is 0 Å². The first-order chi connectivity index (χ1) is 11.2. The average Bonchev–Trinajstić information content (AvgIpc) is 2.95. The van der Waals surface area contributed by atoms with Gasteiger partial charge in [0.1, 0.15) is 11.6 Å². The van der Waals surface area contributed by atoms with E-state index in [0.29, 0.717) is 0 Å². The molecule has 2 saturated heterocycles. The van der Waals surface area contributed by atoms with Crippen LogP contribution in [0.4, 0.5) is 13.6 Å². The molecular weight excluding hydrogens is 338 g/mol. The third-order valence-corrected chi connectivity index (χ3v) is 4.46. The van der Waals surface area contributed by atoms with Crippen LogP contribution in [0.15, 0.2) is 0 Å². The predicted molar refractivity (Wildman–Crippen MR) is 84.2 cm³/mol. The Morgan fingerprint density at radius 3 is 2.40 bits per heavy atom. The lowest BCUT2D eigenvalue weighted by atomic mass is 9.89. The molecule has 0 bridgehead atoms. The molecule has 0 aromatic carbocycles. The van der Waals surface area contributed by atoms with Crippen LogP contribution in [0.1, 0.15) is 41.0 Å². The van der Waals surface area contributed by atoms with Crippen molar-refractivity contribution in [2.75, 3.05) is 19.7 Å². The minimum atomic E-state index is -3.16. The number of carbonyl (C=O) groups is 2. The highest BCUT2D eigenvalue weighted by Crippen LogP contribution is 2.41. The number of rotatable bonds is 4. The number of halogens is 2. The molecule has 144 valence electrons. The quantitative estimate of drug-likeness (QED) is 0.825. The summed E-state index contributed by atoms with van der Waals surface area (Å²) in [5.41, 5.74) is -1.84. The number of hydrogen-bond acceptors (Lipinski definition) is 5. The monoisotopic (exact) mass is 364 g/mol. The maximum atomic E-state index is 14.5. The second-order valence-electron chi connectivity index (χ2n) is 8.26. The van der Waals surface area contributed by atoms with Crippen molar-refractivity contribution < 1.29 is 33.1 Å². The zero-order chi connectivity index (χ0) is 19.2. The van der Waals surface area contributed by atoms with Gasteiger partial charge in [0.05, 0.1) is 24.6 Å². The predicted octanol–water partition coefficient (Wildman–Crippen LogP) is 2.36. The standard InChI is InChI=1S/C16H26F2N2O5/c1-14(2,3)25-13(23)19-9-16(17,18)11-10(19)8-24-20(11)7-6-15(4,5)12(21)22/h10-11H,6-9H2,1-5H3,(H,21,22). The Hall–Kier alpha value is -1.48. The van der Waals surface area contributed by atoms with E-state index >= 15 is 0 Å². The van der Waals surface area contributed by atoms with E-state index in [1.807, 2.05) is 0 Å². The number of likely N-dealkylation sites (tertiary alicyclic amines) is 1. The van der Waals surface area contributed by atoms with Gasteiger partial charge in [-0.3, -0.25) is 14.5 Å². The average molecular weight is 364 g/mol. The van der Waals surface area contributed by atoms with Gasteiger partial charge in [0.15, 0.2) is 0 Å². The number of carboxylic acids is 1. The van der Waals surface area contributed by atoms with E-state index < -0.39 is 47.6 Å². The molecule has 0 aliphatic carbocycles. The molecule has 2 rings (SSSR count). The Bertz CT molecular complexity index is 547. The fourth-order valence-electron chi connectivity index (χ4n) is 2.95. The van der Waals surface area contributed by atoms with Gasteiger partial charge in [0.2, 0.25) is 0 Å². The topological polar surface area (TPSA) is 79.3 Å². The van der Waals surface area contributed by atoms with Crippen molar-refractivity contribution in [2.24, 2.45) is 5.41 Å². The van der Waals surface area contributed by atoms with Gasteiger partial charge in [-0.05, 0) is 41.0 Å². The number of nitrogens with zero attached hydrogens (tertiary/aromatic N) is 2. The van der Waals surface area contributed by atoms with E-state index in [2.05, 4.69) is 0 Å². The Morgan fingerprint density at radius 1 is 1.28 bits per heavy atom. The zero-order valence-corrected chi connectivity index (χ0v) is 15.2. The van der Waals surface area contributed by atoms with Gasteiger partial charge in [-0.25, -0.2) is 13.6 Å². The number of aliphatic carboxylic acids is 1. The van der Waals surface area contributed by atoms with Crippen LogP contribution < -0.4 is 0 Å². The summed E-state index contributed by atoms with van der Waals surface area (Å²) in [6, 6.07) is -2.12. The van der Waals surface area contributed by atoms with Gasteiger partial charge in [-0.15, -0.1) is 0 Å². The first-order valence-electron chi connectivity index (χ1n) is 8.25. The Balaban J connectivity index is 2.09. The molecule has 1 amide bonds. The molecule has 2 fully saturated rings. The van der Waals surface area contributed by atoms with Crippen LogP contribution >= 0.6 is 0 Å². The summed E-state index contributed by atoms with van der Waals surface area (Å²) < 4.78 is 34.2. The highest BCUT2D eigenvalue weighted by Gasteiger charge is 2.62. The van der Waals surface area contributed by atoms with Crippen molar-refractivity contribution in [3.8, 4) is 0 Å². The Kier molecular flexibility index (Phi) is 5.04. The first-order valence-corrected chi connectivity index (χ1v) is 8.25. The Morgan fingerprint density at radius 2 is 1.88 bits per heavy atom. The number of fused-ring (bicyclic) bond motifs is 1. The summed E-state index contributed by atoms with van der Waals surface area (Å²) in [4.78, 5) is 29.8. The fourth-order valence-corrected chi connectivity index (χ4v) is 2.95. The van der Waals surface area contributed by atoms with E-state index in [-0.39, 0.29) is 19.6 Å². The van der Waals surface area contributed by atoms with Crippen LogP contribution in [-0.4, -0.2) is 70.4 Å². The second-order valence-corrected chi connectivity index (χ2v) is 8.26. The van der Waals surface area contributed by atoms with Gasteiger partial charge in [0, 0.05) is 6.54 Å². The third-order valence-electron chi connectivity index (χ3n) is 4.46. The summed E-state index contributed by atoms with van der Waals surface area (Å²) in [6.45, 7) is 7.31. The van der Waals surface area contributed by atoms with Crippen LogP contribution in [0.3, 0.4) is 0 Å². The Labute approximate surface area is 145 Å². The van der Waals surface area contributed by atoms with Crippen LogP contribution in [0, 0.1) is 5.41 Å². The van der Waals surface area contributed by atoms with Crippen molar-refractivity contribution in [1.82, 2.24) is 9.96 Å². The molecule has 2 unspecified atom stereocenters. The van der Waals surface area contributed by atoms with E-state index in [9.17, 15) is 18.4 Å². The van der Waals surface area contributed by atoms with Crippen molar-refractivity contribution in [2.45, 2.75) is 64.6 Å². The molecule has 0 saturated carbocycles. The minimum Gasteiger partial charge on any atom is -0.481 e. The number of carboxylic acid groups (broad SMARTS) is 1. The number of hydrogen-bond donors (Lipinski definition) is 1. The maximum Gasteiger partial charge on any atom is 0.410 e. The van der Waals surface area contributed by atoms with E-state index in [1.165, 1.54) is 13.8 Å². The highest BCUT2D eigenvalue weighted by atomic mass is 19.3. The minimum absolute atomic E-state index is 0.0399. The summed E-state index contributed by atoms with van der Waals surface area (Å²) in [5.74, 6) is -4.16. The number of hydroxylamine groups is 2. The molecule has 2 aliphatic rings. The SMILES string of the molecule is CC(C)(C)OC(=O)N1CC(F)(F)C2C1CON2CCC(C)(C)C(=O)O. The molecule has 2 atom stereocenters. The number of amides is 1. The second kappa shape index (κ2) is 6.35. The molecule has 25 heavy (non-hydrogen) atoms. The summed E-state index contributed by atoms with van der Waals surface area (Å²) in [6.07, 6.45) is -0.648. The third kappa shape index (κ3) is 4.20. The molecular formula is C16H26F2N2O5. The molecule has 0 spiro atoms. The fraction of sp³-hybridized carbons (Fsp3) is 0.875. The molecule has 0 aromatic rings. The molecule has 0 radical (unpaired) electrons. The van der Waals surface area contributed by atoms with Crippen molar-refractivity contribution in [1.29, 1.82) is 0 Å². The van der Waals surface area contributed by atoms with E-state index in [4.69, 9.17) is 14.7 Å². The van der Waals surface area contributed by atoms with Crippen molar-refractivity contribution in [3.63, 3.8) is 0 Å². The van der Waals surface area contributed by atoms with Gasteiger partial charge >= 0.3 is 12.1 Å². The number of ether oxygens (including phenoxy) is 1.